The minimum atomic E-state index is 0.0650. The molecule has 2 aromatic heterocycles. The molecule has 0 radical (unpaired) electrons. The predicted molar refractivity (Wildman–Crippen MR) is 89.0 cm³/mol. The summed E-state index contributed by atoms with van der Waals surface area (Å²) in [4.78, 5) is 1.24. The average molecular weight is 363 g/mol. The van der Waals surface area contributed by atoms with Crippen LogP contribution in [0.25, 0.3) is 5.69 Å². The van der Waals surface area contributed by atoms with Gasteiger partial charge in [0.2, 0.25) is 0 Å². The smallest absolute Gasteiger partial charge is 0.0868 e. The lowest BCUT2D eigenvalue weighted by atomic mass is 10.1. The van der Waals surface area contributed by atoms with Gasteiger partial charge in [0.15, 0.2) is 0 Å². The van der Waals surface area contributed by atoms with E-state index in [9.17, 15) is 0 Å². The van der Waals surface area contributed by atoms with Crippen molar-refractivity contribution in [1.82, 2.24) is 20.3 Å². The van der Waals surface area contributed by atoms with Crippen LogP contribution in [-0.2, 0) is 0 Å². The van der Waals surface area contributed by atoms with Crippen LogP contribution >= 0.6 is 27.3 Å². The third-order valence-electron chi connectivity index (χ3n) is 3.32. The first kappa shape index (κ1) is 14.4. The van der Waals surface area contributed by atoms with E-state index in [1.54, 1.807) is 11.3 Å². The lowest BCUT2D eigenvalue weighted by Crippen LogP contribution is -2.20. The zero-order chi connectivity index (χ0) is 14.8. The molecule has 108 valence electrons. The average Bonchev–Trinajstić information content (AvgIpc) is 3.09. The summed E-state index contributed by atoms with van der Waals surface area (Å²) < 4.78 is 3.04. The number of aromatic nitrogens is 3. The van der Waals surface area contributed by atoms with Gasteiger partial charge in [0.05, 0.1) is 27.4 Å². The van der Waals surface area contributed by atoms with Crippen LogP contribution in [0.3, 0.4) is 0 Å². The molecule has 0 aliphatic heterocycles. The lowest BCUT2D eigenvalue weighted by Gasteiger charge is -2.15. The van der Waals surface area contributed by atoms with E-state index in [0.717, 1.165) is 15.2 Å². The first-order chi connectivity index (χ1) is 10.2. The molecule has 4 nitrogen and oxygen atoms in total. The Hall–Kier alpha value is -1.50. The van der Waals surface area contributed by atoms with E-state index in [-0.39, 0.29) is 6.04 Å². The summed E-state index contributed by atoms with van der Waals surface area (Å²) in [6.07, 6.45) is 1.82. The molecule has 0 saturated carbocycles. The molecule has 0 fully saturated rings. The molecule has 0 amide bonds. The minimum absolute atomic E-state index is 0.0650. The summed E-state index contributed by atoms with van der Waals surface area (Å²) in [5.74, 6) is 0. The maximum Gasteiger partial charge on any atom is 0.0868 e. The second kappa shape index (κ2) is 6.09. The Kier molecular flexibility index (Phi) is 4.19. The van der Waals surface area contributed by atoms with Gasteiger partial charge in [-0.1, -0.05) is 23.4 Å². The van der Waals surface area contributed by atoms with E-state index < -0.39 is 0 Å². The van der Waals surface area contributed by atoms with Gasteiger partial charge in [-0.15, -0.1) is 16.4 Å². The number of para-hydroxylation sites is 1. The summed E-state index contributed by atoms with van der Waals surface area (Å²) >= 11 is 5.33. The molecule has 3 rings (SSSR count). The van der Waals surface area contributed by atoms with Crippen LogP contribution in [0.15, 0.2) is 46.4 Å². The van der Waals surface area contributed by atoms with Crippen molar-refractivity contribution in [3.63, 3.8) is 0 Å². The Labute approximate surface area is 135 Å². The molecule has 1 atom stereocenters. The molecular formula is C15H15BrN4S. The molecule has 3 aromatic rings. The van der Waals surface area contributed by atoms with Crippen molar-refractivity contribution in [2.24, 2.45) is 0 Å². The fourth-order valence-electron chi connectivity index (χ4n) is 2.27. The Morgan fingerprint density at radius 3 is 2.67 bits per heavy atom. The van der Waals surface area contributed by atoms with Crippen molar-refractivity contribution < 1.29 is 0 Å². The van der Waals surface area contributed by atoms with Crippen molar-refractivity contribution in [3.05, 3.63) is 62.5 Å². The Balaban J connectivity index is 2.05. The third-order valence-corrected chi connectivity index (χ3v) is 5.52. The van der Waals surface area contributed by atoms with Gasteiger partial charge in [-0.3, -0.25) is 0 Å². The number of nitrogens with one attached hydrogen (secondary N) is 1. The van der Waals surface area contributed by atoms with Crippen molar-refractivity contribution in [2.75, 3.05) is 7.05 Å². The van der Waals surface area contributed by atoms with Crippen LogP contribution in [0, 0.1) is 6.92 Å². The topological polar surface area (TPSA) is 42.7 Å². The molecule has 1 aromatic carbocycles. The summed E-state index contributed by atoms with van der Waals surface area (Å²) in [6, 6.07) is 12.3. The monoisotopic (exact) mass is 362 g/mol. The number of nitrogens with zero attached hydrogens (tertiary/aromatic N) is 3. The Morgan fingerprint density at radius 1 is 1.29 bits per heavy atom. The number of thiophene rings is 1. The number of benzene rings is 1. The number of hydrogen-bond donors (Lipinski definition) is 1. The number of aryl methyl sites for hydroxylation is 1. The highest BCUT2D eigenvalue weighted by Gasteiger charge is 2.21. The Morgan fingerprint density at radius 2 is 2.05 bits per heavy atom. The lowest BCUT2D eigenvalue weighted by molar-refractivity contribution is 0.642. The molecule has 21 heavy (non-hydrogen) atoms. The molecule has 1 N–H and O–H groups in total. The molecule has 0 bridgehead atoms. The van der Waals surface area contributed by atoms with Crippen LogP contribution < -0.4 is 5.32 Å². The minimum Gasteiger partial charge on any atom is -0.307 e. The van der Waals surface area contributed by atoms with E-state index in [1.807, 2.05) is 48.3 Å². The second-order valence-electron chi connectivity index (χ2n) is 4.73. The SMILES string of the molecule is CNC(c1cc(C)c(Br)s1)c1cnnn1-c1ccccc1. The van der Waals surface area contributed by atoms with Crippen LogP contribution in [0.5, 0.6) is 0 Å². The fourth-order valence-corrected chi connectivity index (χ4v) is 3.97. The van der Waals surface area contributed by atoms with Crippen molar-refractivity contribution in [3.8, 4) is 5.69 Å². The highest BCUT2D eigenvalue weighted by molar-refractivity contribution is 9.11. The normalized spacial score (nSPS) is 12.5. The van der Waals surface area contributed by atoms with Crippen molar-refractivity contribution >= 4 is 27.3 Å². The zero-order valence-corrected chi connectivity index (χ0v) is 14.1. The summed E-state index contributed by atoms with van der Waals surface area (Å²) in [7, 11) is 1.95. The van der Waals surface area contributed by atoms with Crippen LogP contribution in [-0.4, -0.2) is 22.0 Å². The van der Waals surface area contributed by atoms with Gasteiger partial charge in [-0.2, -0.15) is 0 Å². The molecule has 0 saturated heterocycles. The molecule has 0 aliphatic carbocycles. The van der Waals surface area contributed by atoms with Gasteiger partial charge in [0.1, 0.15) is 0 Å². The quantitative estimate of drug-likeness (QED) is 0.769. The largest absolute Gasteiger partial charge is 0.307 e. The van der Waals surface area contributed by atoms with E-state index in [2.05, 4.69) is 44.5 Å². The van der Waals surface area contributed by atoms with Gasteiger partial charge in [-0.05, 0) is 53.7 Å². The van der Waals surface area contributed by atoms with Crippen molar-refractivity contribution in [2.45, 2.75) is 13.0 Å². The number of halogens is 1. The highest BCUT2D eigenvalue weighted by atomic mass is 79.9. The molecule has 1 unspecified atom stereocenters. The number of hydrogen-bond acceptors (Lipinski definition) is 4. The van der Waals surface area contributed by atoms with Crippen LogP contribution in [0.1, 0.15) is 22.2 Å². The maximum absolute atomic E-state index is 4.23. The highest BCUT2D eigenvalue weighted by Crippen LogP contribution is 2.34. The van der Waals surface area contributed by atoms with Crippen LogP contribution in [0.2, 0.25) is 0 Å². The van der Waals surface area contributed by atoms with Crippen LogP contribution in [0.4, 0.5) is 0 Å². The van der Waals surface area contributed by atoms with Gasteiger partial charge >= 0.3 is 0 Å². The maximum atomic E-state index is 4.23. The molecule has 6 heteroatoms. The predicted octanol–water partition coefficient (Wildman–Crippen LogP) is 3.71. The second-order valence-corrected chi connectivity index (χ2v) is 7.14. The van der Waals surface area contributed by atoms with E-state index in [1.165, 1.54) is 10.4 Å². The summed E-state index contributed by atoms with van der Waals surface area (Å²) in [6.45, 7) is 2.10. The fraction of sp³-hybridized carbons (Fsp3) is 0.200. The first-order valence-corrected chi connectivity index (χ1v) is 8.20. The van der Waals surface area contributed by atoms with Gasteiger partial charge in [0.25, 0.3) is 0 Å². The first-order valence-electron chi connectivity index (χ1n) is 6.60. The van der Waals surface area contributed by atoms with Crippen molar-refractivity contribution in [1.29, 1.82) is 0 Å². The number of rotatable bonds is 4. The Bertz CT molecular complexity index is 716. The van der Waals surface area contributed by atoms with E-state index in [0.29, 0.717) is 0 Å². The third kappa shape index (κ3) is 2.79. The van der Waals surface area contributed by atoms with E-state index in [4.69, 9.17) is 0 Å². The van der Waals surface area contributed by atoms with Gasteiger partial charge < -0.3 is 5.32 Å². The van der Waals surface area contributed by atoms with Gasteiger partial charge in [-0.25, -0.2) is 4.68 Å². The molecule has 2 heterocycles. The standard InChI is InChI=1S/C15H15BrN4S/c1-10-8-13(21-15(10)16)14(17-2)12-9-18-19-20(12)11-6-4-3-5-7-11/h3-9,14,17H,1-2H3. The zero-order valence-electron chi connectivity index (χ0n) is 11.7. The molecule has 0 spiro atoms. The molecular weight excluding hydrogens is 348 g/mol. The van der Waals surface area contributed by atoms with Gasteiger partial charge in [0, 0.05) is 4.88 Å². The molecule has 0 aliphatic rings. The van der Waals surface area contributed by atoms with E-state index >= 15 is 0 Å². The summed E-state index contributed by atoms with van der Waals surface area (Å²) in [5, 5.41) is 11.7. The summed E-state index contributed by atoms with van der Waals surface area (Å²) in [5.41, 5.74) is 3.28.